The lowest BCUT2D eigenvalue weighted by atomic mass is 9.93. The van der Waals surface area contributed by atoms with Crippen LogP contribution in [0.4, 0.5) is 0 Å². The van der Waals surface area contributed by atoms with Crippen LogP contribution in [0, 0.1) is 29.6 Å². The number of nitriles is 2. The van der Waals surface area contributed by atoms with Crippen LogP contribution in [0.5, 0.6) is 17.2 Å². The molecular formula is C44H48ClN5O3. The molecule has 2 fully saturated rings. The van der Waals surface area contributed by atoms with Crippen LogP contribution in [0.25, 0.3) is 11.1 Å². The van der Waals surface area contributed by atoms with Gasteiger partial charge in [-0.1, -0.05) is 41.9 Å². The van der Waals surface area contributed by atoms with Crippen LogP contribution in [0.3, 0.4) is 0 Å². The summed E-state index contributed by atoms with van der Waals surface area (Å²) in [6.07, 6.45) is 7.46. The highest BCUT2D eigenvalue weighted by atomic mass is 35.5. The molecule has 0 saturated carbocycles. The Morgan fingerprint density at radius 1 is 0.887 bits per heavy atom. The Morgan fingerprint density at radius 2 is 1.68 bits per heavy atom. The average molecular weight is 730 g/mol. The molecule has 4 aromatic carbocycles. The van der Waals surface area contributed by atoms with Crippen LogP contribution in [0.2, 0.25) is 5.02 Å². The maximum Gasteiger partial charge on any atom is 0.142 e. The Labute approximate surface area is 318 Å². The predicted octanol–water partition coefficient (Wildman–Crippen LogP) is 8.41. The zero-order valence-corrected chi connectivity index (χ0v) is 31.3. The van der Waals surface area contributed by atoms with E-state index in [2.05, 4.69) is 71.0 Å². The summed E-state index contributed by atoms with van der Waals surface area (Å²) in [5, 5.41) is 26.7. The Bertz CT molecular complexity index is 1960. The van der Waals surface area contributed by atoms with Gasteiger partial charge in [0, 0.05) is 37.3 Å². The Hall–Kier alpha value is -4.57. The van der Waals surface area contributed by atoms with Gasteiger partial charge >= 0.3 is 0 Å². The molecule has 0 amide bonds. The highest BCUT2D eigenvalue weighted by molar-refractivity contribution is 6.32. The van der Waals surface area contributed by atoms with Crippen molar-refractivity contribution in [1.82, 2.24) is 15.5 Å². The molecule has 0 aromatic heterocycles. The van der Waals surface area contributed by atoms with E-state index in [1.54, 1.807) is 18.2 Å². The van der Waals surface area contributed by atoms with Crippen molar-refractivity contribution in [2.75, 3.05) is 39.3 Å². The summed E-state index contributed by atoms with van der Waals surface area (Å²) in [5.74, 6) is 2.17. The van der Waals surface area contributed by atoms with Crippen LogP contribution in [0.15, 0.2) is 66.7 Å². The zero-order valence-electron chi connectivity index (χ0n) is 30.6. The molecule has 53 heavy (non-hydrogen) atoms. The van der Waals surface area contributed by atoms with E-state index in [-0.39, 0.29) is 12.7 Å². The van der Waals surface area contributed by atoms with E-state index >= 15 is 0 Å². The fourth-order valence-corrected chi connectivity index (χ4v) is 8.20. The smallest absolute Gasteiger partial charge is 0.142 e. The minimum absolute atomic E-state index is 0.164. The molecule has 4 aromatic rings. The maximum atomic E-state index is 9.50. The molecule has 0 radical (unpaired) electrons. The fraction of sp³-hybridized carbons (Fsp3) is 0.409. The van der Waals surface area contributed by atoms with Crippen molar-refractivity contribution in [3.8, 4) is 40.5 Å². The van der Waals surface area contributed by atoms with Crippen molar-refractivity contribution in [3.05, 3.63) is 111 Å². The van der Waals surface area contributed by atoms with E-state index in [1.165, 1.54) is 48.2 Å². The number of benzene rings is 4. The standard InChI is InChI=1S/C44H48ClN5O3/c1-30-36(9-5-12-41(30)51-19-7-18-50-16-2-3-17-50)37-10-4-11-39-38(37)13-14-42(39)53-44-24-43(52-29-33-21-31(25-46)20-32(22-33)26-47)34(23-40(44)45)27-49-35-8-6-15-48-28-35/h4-5,9-12,20-24,35,42,48-49H,2-3,6-8,13-19,27-29H2,1H3/t35-,42-/m0/s1. The summed E-state index contributed by atoms with van der Waals surface area (Å²) in [7, 11) is 0. The first kappa shape index (κ1) is 36.8. The number of halogens is 1. The van der Waals surface area contributed by atoms with Crippen molar-refractivity contribution in [2.24, 2.45) is 0 Å². The van der Waals surface area contributed by atoms with E-state index in [0.717, 1.165) is 80.8 Å². The van der Waals surface area contributed by atoms with E-state index in [4.69, 9.17) is 25.8 Å². The first-order valence-corrected chi connectivity index (χ1v) is 19.4. The Morgan fingerprint density at radius 3 is 2.45 bits per heavy atom. The van der Waals surface area contributed by atoms with Gasteiger partial charge in [0.05, 0.1) is 34.9 Å². The summed E-state index contributed by atoms with van der Waals surface area (Å²) in [4.78, 5) is 2.53. The second-order valence-electron chi connectivity index (χ2n) is 14.4. The summed E-state index contributed by atoms with van der Waals surface area (Å²) in [5.41, 5.74) is 8.57. The van der Waals surface area contributed by atoms with Crippen LogP contribution in [0.1, 0.15) is 83.6 Å². The Kier molecular flexibility index (Phi) is 12.1. The van der Waals surface area contributed by atoms with Gasteiger partial charge in [-0.2, -0.15) is 10.5 Å². The molecule has 2 heterocycles. The number of hydrogen-bond donors (Lipinski definition) is 2. The van der Waals surface area contributed by atoms with Crippen molar-refractivity contribution >= 4 is 11.6 Å². The van der Waals surface area contributed by atoms with Crippen LogP contribution in [-0.2, 0) is 19.6 Å². The lowest BCUT2D eigenvalue weighted by Crippen LogP contribution is -2.42. The minimum atomic E-state index is -0.164. The van der Waals surface area contributed by atoms with Crippen molar-refractivity contribution < 1.29 is 14.2 Å². The van der Waals surface area contributed by atoms with Gasteiger partial charge in [-0.3, -0.25) is 0 Å². The largest absolute Gasteiger partial charge is 0.493 e. The maximum absolute atomic E-state index is 9.50. The van der Waals surface area contributed by atoms with E-state index in [1.807, 2.05) is 12.1 Å². The fourth-order valence-electron chi connectivity index (χ4n) is 7.97. The molecule has 0 bridgehead atoms. The number of ether oxygens (including phenoxy) is 3. The van der Waals surface area contributed by atoms with Gasteiger partial charge in [-0.15, -0.1) is 0 Å². The molecule has 2 saturated heterocycles. The number of likely N-dealkylation sites (tertiary alicyclic amines) is 1. The van der Waals surface area contributed by atoms with Crippen LogP contribution >= 0.6 is 11.6 Å². The second-order valence-corrected chi connectivity index (χ2v) is 14.9. The van der Waals surface area contributed by atoms with Gasteiger partial charge in [0.1, 0.15) is 30.0 Å². The summed E-state index contributed by atoms with van der Waals surface area (Å²) in [6, 6.07) is 26.4. The number of nitrogens with zero attached hydrogens (tertiary/aromatic N) is 3. The molecule has 8 nitrogen and oxygen atoms in total. The zero-order chi connectivity index (χ0) is 36.6. The van der Waals surface area contributed by atoms with Crippen molar-refractivity contribution in [2.45, 2.75) is 77.2 Å². The van der Waals surface area contributed by atoms with E-state index < -0.39 is 0 Å². The lowest BCUT2D eigenvalue weighted by molar-refractivity contribution is 0.206. The molecular weight excluding hydrogens is 682 g/mol. The van der Waals surface area contributed by atoms with E-state index in [9.17, 15) is 10.5 Å². The van der Waals surface area contributed by atoms with Crippen molar-refractivity contribution in [1.29, 1.82) is 10.5 Å². The number of rotatable bonds is 14. The summed E-state index contributed by atoms with van der Waals surface area (Å²) in [6.45, 7) is 9.14. The molecule has 7 rings (SSSR count). The number of piperidine rings is 1. The molecule has 3 aliphatic rings. The second kappa shape index (κ2) is 17.5. The van der Waals surface area contributed by atoms with Crippen LogP contribution < -0.4 is 24.8 Å². The summed E-state index contributed by atoms with van der Waals surface area (Å²) >= 11 is 6.97. The number of nitrogens with one attached hydrogen (secondary N) is 2. The highest BCUT2D eigenvalue weighted by Crippen LogP contribution is 2.44. The third-order valence-electron chi connectivity index (χ3n) is 10.8. The number of hydrogen-bond acceptors (Lipinski definition) is 8. The van der Waals surface area contributed by atoms with Gasteiger partial charge in [0.15, 0.2) is 0 Å². The first-order valence-electron chi connectivity index (χ1n) is 19.1. The van der Waals surface area contributed by atoms with Crippen molar-refractivity contribution in [3.63, 3.8) is 0 Å². The molecule has 2 aliphatic heterocycles. The average Bonchev–Trinajstić information content (AvgIpc) is 3.87. The third kappa shape index (κ3) is 8.98. The highest BCUT2D eigenvalue weighted by Gasteiger charge is 2.28. The van der Waals surface area contributed by atoms with Gasteiger partial charge < -0.3 is 29.7 Å². The molecule has 0 unspecified atom stereocenters. The minimum Gasteiger partial charge on any atom is -0.493 e. The van der Waals surface area contributed by atoms with Gasteiger partial charge in [-0.25, -0.2) is 0 Å². The monoisotopic (exact) mass is 729 g/mol. The SMILES string of the molecule is Cc1c(OCCCN2CCCC2)cccc1-c1cccc2c1CC[C@@H]2Oc1cc(OCc2cc(C#N)cc(C#N)c2)c(CN[C@H]2CCCNC2)cc1Cl. The lowest BCUT2D eigenvalue weighted by Gasteiger charge is -2.25. The number of fused-ring (bicyclic) bond motifs is 1. The molecule has 9 heteroatoms. The van der Waals surface area contributed by atoms with Gasteiger partial charge in [0.25, 0.3) is 0 Å². The van der Waals surface area contributed by atoms with Crippen LogP contribution in [-0.4, -0.2) is 50.3 Å². The van der Waals surface area contributed by atoms with E-state index in [0.29, 0.717) is 40.2 Å². The normalized spacial score (nSPS) is 18.3. The van der Waals surface area contributed by atoms with Gasteiger partial charge in [-0.05, 0) is 135 Å². The molecule has 2 atom stereocenters. The quantitative estimate of drug-likeness (QED) is 0.125. The Balaban J connectivity index is 1.09. The molecule has 2 N–H and O–H groups in total. The molecule has 1 aliphatic carbocycles. The summed E-state index contributed by atoms with van der Waals surface area (Å²) < 4.78 is 19.5. The molecule has 0 spiro atoms. The topological polar surface area (TPSA) is 103 Å². The first-order chi connectivity index (χ1) is 26.0. The third-order valence-corrected chi connectivity index (χ3v) is 11.1. The predicted molar refractivity (Wildman–Crippen MR) is 208 cm³/mol. The molecule has 274 valence electrons. The van der Waals surface area contributed by atoms with Gasteiger partial charge in [0.2, 0.25) is 0 Å².